The molecule has 3 N–H and O–H groups in total. The number of carbonyl (C=O) groups is 4. The van der Waals surface area contributed by atoms with Crippen molar-refractivity contribution in [3.05, 3.63) is 113 Å². The summed E-state index contributed by atoms with van der Waals surface area (Å²) in [6.45, 7) is 3.09. The molecule has 0 bridgehead atoms. The lowest BCUT2D eigenvalue weighted by atomic mass is 9.84. The third-order valence-corrected chi connectivity index (χ3v) is 8.75. The van der Waals surface area contributed by atoms with E-state index in [0.717, 1.165) is 22.4 Å². The Hall–Kier alpha value is -4.83. The van der Waals surface area contributed by atoms with Crippen LogP contribution in [0.4, 0.5) is 4.39 Å². The van der Waals surface area contributed by atoms with Crippen molar-refractivity contribution < 1.29 is 23.6 Å². The molecule has 0 aliphatic carbocycles. The Bertz CT molecular complexity index is 1770. The van der Waals surface area contributed by atoms with E-state index in [-0.39, 0.29) is 36.0 Å². The Morgan fingerprint density at radius 2 is 1.78 bits per heavy atom. The van der Waals surface area contributed by atoms with Crippen molar-refractivity contribution in [1.82, 2.24) is 20.1 Å². The first-order valence-corrected chi connectivity index (χ1v) is 14.9. The first-order valence-electron chi connectivity index (χ1n) is 14.5. The third kappa shape index (κ3) is 6.23. The summed E-state index contributed by atoms with van der Waals surface area (Å²) >= 11 is 6.16. The molecule has 3 atom stereocenters. The highest BCUT2D eigenvalue weighted by molar-refractivity contribution is 6.30. The zero-order valence-corrected chi connectivity index (χ0v) is 25.6. The monoisotopic (exact) mass is 629 g/mol. The van der Waals surface area contributed by atoms with E-state index >= 15 is 0 Å². The molecule has 232 valence electrons. The maximum Gasteiger partial charge on any atom is 0.251 e. The van der Waals surface area contributed by atoms with Gasteiger partial charge in [0.15, 0.2) is 0 Å². The van der Waals surface area contributed by atoms with Crippen molar-refractivity contribution in [3.8, 4) is 0 Å². The molecule has 9 nitrogen and oxygen atoms in total. The van der Waals surface area contributed by atoms with Crippen LogP contribution in [0, 0.1) is 5.82 Å². The van der Waals surface area contributed by atoms with E-state index in [1.807, 2.05) is 30.3 Å². The fourth-order valence-electron chi connectivity index (χ4n) is 5.98. The highest BCUT2D eigenvalue weighted by Crippen LogP contribution is 2.40. The lowest BCUT2D eigenvalue weighted by Gasteiger charge is -2.41. The molecule has 3 aromatic carbocycles. The Kier molecular flexibility index (Phi) is 9.15. The Labute approximate surface area is 265 Å². The van der Waals surface area contributed by atoms with E-state index in [9.17, 15) is 23.6 Å². The van der Waals surface area contributed by atoms with Crippen LogP contribution in [0.5, 0.6) is 0 Å². The number of hydrogen-bond acceptors (Lipinski definition) is 5. The molecule has 11 heteroatoms. The zero-order valence-electron chi connectivity index (χ0n) is 24.9. The molecule has 45 heavy (non-hydrogen) atoms. The first kappa shape index (κ1) is 31.6. The molecule has 1 saturated heterocycles. The summed E-state index contributed by atoms with van der Waals surface area (Å²) in [7, 11) is 0. The standard InChI is InChI=1S/C34H33ClFN5O4/c1-21-14-17-40(34(2,33(37)45)26-9-5-7-23-6-3-4-8-25(23)26)32(44)31(24-10-11-28(36)27(35)19-24)41(21)30(43)20-39-29(42)18-22-12-15-38-16-13-22/h3-13,15-16,19,21,31H,14,17-18,20H2,1-2H3,(H2,37,45)(H,39,42). The summed E-state index contributed by atoms with van der Waals surface area (Å²) in [5, 5.41) is 4.03. The van der Waals surface area contributed by atoms with Gasteiger partial charge in [-0.2, -0.15) is 0 Å². The Morgan fingerprint density at radius 1 is 1.07 bits per heavy atom. The molecule has 0 radical (unpaired) electrons. The number of pyridine rings is 1. The number of benzene rings is 3. The van der Waals surface area contributed by atoms with E-state index in [0.29, 0.717) is 12.0 Å². The lowest BCUT2D eigenvalue weighted by molar-refractivity contribution is -0.152. The number of amides is 4. The molecule has 4 aromatic rings. The molecule has 2 heterocycles. The number of carbonyl (C=O) groups excluding carboxylic acids is 4. The predicted molar refractivity (Wildman–Crippen MR) is 168 cm³/mol. The summed E-state index contributed by atoms with van der Waals surface area (Å²) in [5.41, 5.74) is 6.01. The van der Waals surface area contributed by atoms with Crippen LogP contribution in [0.15, 0.2) is 85.2 Å². The minimum Gasteiger partial charge on any atom is -0.367 e. The minimum atomic E-state index is -1.61. The molecule has 5 rings (SSSR count). The second-order valence-corrected chi connectivity index (χ2v) is 11.7. The average Bonchev–Trinajstić information content (AvgIpc) is 3.16. The van der Waals surface area contributed by atoms with Crippen molar-refractivity contribution in [3.63, 3.8) is 0 Å². The number of nitrogens with zero attached hydrogens (tertiary/aromatic N) is 3. The highest BCUT2D eigenvalue weighted by atomic mass is 35.5. The predicted octanol–water partition coefficient (Wildman–Crippen LogP) is 4.28. The minimum absolute atomic E-state index is 0.0387. The molecule has 1 fully saturated rings. The normalized spacial score (nSPS) is 18.3. The molecular weight excluding hydrogens is 597 g/mol. The number of nitrogens with one attached hydrogen (secondary N) is 1. The number of primary amides is 1. The fourth-order valence-corrected chi connectivity index (χ4v) is 6.17. The van der Waals surface area contributed by atoms with Gasteiger partial charge in [-0.3, -0.25) is 24.2 Å². The largest absolute Gasteiger partial charge is 0.367 e. The first-order chi connectivity index (χ1) is 21.5. The topological polar surface area (TPSA) is 126 Å². The van der Waals surface area contributed by atoms with Gasteiger partial charge in [0.05, 0.1) is 18.0 Å². The second-order valence-electron chi connectivity index (χ2n) is 11.3. The maximum absolute atomic E-state index is 14.7. The number of nitrogens with two attached hydrogens (primary N) is 1. The molecule has 1 aliphatic heterocycles. The van der Waals surface area contributed by atoms with Crippen molar-refractivity contribution in [2.45, 2.75) is 44.3 Å². The highest BCUT2D eigenvalue weighted by Gasteiger charge is 2.49. The quantitative estimate of drug-likeness (QED) is 0.301. The summed E-state index contributed by atoms with van der Waals surface area (Å²) in [5.74, 6) is -2.95. The molecule has 0 saturated carbocycles. The number of rotatable bonds is 8. The number of hydrogen-bond donors (Lipinski definition) is 2. The van der Waals surface area contributed by atoms with Gasteiger partial charge in [-0.05, 0) is 72.0 Å². The van der Waals surface area contributed by atoms with Crippen LogP contribution >= 0.6 is 11.6 Å². The molecule has 4 amide bonds. The van der Waals surface area contributed by atoms with E-state index in [1.54, 1.807) is 50.5 Å². The van der Waals surface area contributed by atoms with Gasteiger partial charge in [-0.1, -0.05) is 60.1 Å². The van der Waals surface area contributed by atoms with Crippen LogP contribution in [-0.2, 0) is 31.1 Å². The van der Waals surface area contributed by atoms with Crippen molar-refractivity contribution in [1.29, 1.82) is 0 Å². The molecule has 1 aromatic heterocycles. The second kappa shape index (κ2) is 13.0. The van der Waals surface area contributed by atoms with Crippen molar-refractivity contribution in [2.75, 3.05) is 13.1 Å². The van der Waals surface area contributed by atoms with Gasteiger partial charge in [0.2, 0.25) is 17.7 Å². The fraction of sp³-hybridized carbons (Fsp3) is 0.265. The van der Waals surface area contributed by atoms with Gasteiger partial charge in [0.1, 0.15) is 17.4 Å². The van der Waals surface area contributed by atoms with E-state index in [1.165, 1.54) is 21.9 Å². The molecular formula is C34H33ClFN5O4. The van der Waals surface area contributed by atoms with Crippen molar-refractivity contribution in [2.24, 2.45) is 5.73 Å². The molecule has 1 aliphatic rings. The van der Waals surface area contributed by atoms with Crippen LogP contribution in [-0.4, -0.2) is 57.5 Å². The van der Waals surface area contributed by atoms with Crippen LogP contribution < -0.4 is 11.1 Å². The summed E-state index contributed by atoms with van der Waals surface area (Å²) in [6.07, 6.45) is 3.47. The van der Waals surface area contributed by atoms with E-state index in [2.05, 4.69) is 10.3 Å². The van der Waals surface area contributed by atoms with E-state index in [4.69, 9.17) is 17.3 Å². The summed E-state index contributed by atoms with van der Waals surface area (Å²) in [6, 6.07) is 18.3. The van der Waals surface area contributed by atoms with Gasteiger partial charge in [-0.15, -0.1) is 0 Å². The molecule has 3 unspecified atom stereocenters. The summed E-state index contributed by atoms with van der Waals surface area (Å²) in [4.78, 5) is 61.4. The van der Waals surface area contributed by atoms with Crippen LogP contribution in [0.3, 0.4) is 0 Å². The van der Waals surface area contributed by atoms with Gasteiger partial charge >= 0.3 is 0 Å². The zero-order chi connectivity index (χ0) is 32.3. The van der Waals surface area contributed by atoms with Crippen LogP contribution in [0.2, 0.25) is 5.02 Å². The van der Waals surface area contributed by atoms with Crippen LogP contribution in [0.1, 0.15) is 43.0 Å². The molecule has 0 spiro atoms. The maximum atomic E-state index is 14.7. The summed E-state index contributed by atoms with van der Waals surface area (Å²) < 4.78 is 14.3. The van der Waals surface area contributed by atoms with Gasteiger partial charge in [0.25, 0.3) is 5.91 Å². The third-order valence-electron chi connectivity index (χ3n) is 8.46. The van der Waals surface area contributed by atoms with Crippen LogP contribution in [0.25, 0.3) is 10.8 Å². The number of aromatic nitrogens is 1. The van der Waals surface area contributed by atoms with Crippen molar-refractivity contribution >= 4 is 46.0 Å². The lowest BCUT2D eigenvalue weighted by Crippen LogP contribution is -2.57. The Morgan fingerprint density at radius 3 is 2.49 bits per heavy atom. The van der Waals surface area contributed by atoms with Gasteiger partial charge < -0.3 is 20.9 Å². The SMILES string of the molecule is CC1CCN(C(C)(C(N)=O)c2cccc3ccccc23)C(=O)C(c2ccc(F)c(Cl)c2)N1C(=O)CNC(=O)Cc1ccncc1. The number of fused-ring (bicyclic) bond motifs is 1. The smallest absolute Gasteiger partial charge is 0.251 e. The van der Waals surface area contributed by atoms with Gasteiger partial charge in [0, 0.05) is 25.0 Å². The van der Waals surface area contributed by atoms with E-state index < -0.39 is 41.2 Å². The Balaban J connectivity index is 1.55. The van der Waals surface area contributed by atoms with Gasteiger partial charge in [-0.25, -0.2) is 4.39 Å². The number of halogens is 2. The average molecular weight is 630 g/mol.